The van der Waals surface area contributed by atoms with E-state index in [1.807, 2.05) is 6.92 Å². The quantitative estimate of drug-likeness (QED) is 0.101. The van der Waals surface area contributed by atoms with E-state index in [1.165, 1.54) is 68.7 Å². The van der Waals surface area contributed by atoms with E-state index in [0.29, 0.717) is 15.3 Å². The van der Waals surface area contributed by atoms with E-state index in [0.717, 1.165) is 103 Å². The molecule has 4 saturated carbocycles. The Morgan fingerprint density at radius 2 is 0.753 bits per heavy atom. The van der Waals surface area contributed by atoms with Gasteiger partial charge in [0, 0.05) is 85.0 Å². The van der Waals surface area contributed by atoms with Gasteiger partial charge in [0.25, 0.3) is 0 Å². The summed E-state index contributed by atoms with van der Waals surface area (Å²) >= 11 is 4.48. The number of hydrogen-bond acceptors (Lipinski definition) is 21. The van der Waals surface area contributed by atoms with E-state index in [2.05, 4.69) is 75.3 Å². The Balaban J connectivity index is 0.000000117. The molecule has 8 saturated heterocycles. The highest BCUT2D eigenvalue weighted by Gasteiger charge is 2.74. The number of rotatable bonds is 9. The van der Waals surface area contributed by atoms with Crippen LogP contribution < -0.4 is 0 Å². The van der Waals surface area contributed by atoms with Gasteiger partial charge in [0.2, 0.25) is 40.4 Å². The molecule has 0 aromatic carbocycles. The lowest BCUT2D eigenvalue weighted by Gasteiger charge is -2.37. The molecule has 518 valence electrons. The summed E-state index contributed by atoms with van der Waals surface area (Å²) in [4.78, 5) is 101. The monoisotopic (exact) mass is 1560 g/mol. The molecule has 16 aliphatic rings. The van der Waals surface area contributed by atoms with Crippen LogP contribution in [0.2, 0.25) is 0 Å². The maximum absolute atomic E-state index is 12.5. The molecule has 25 nitrogen and oxygen atoms in total. The number of fused-ring (bicyclic) bond motifs is 4. The van der Waals surface area contributed by atoms with E-state index >= 15 is 0 Å². The van der Waals surface area contributed by atoms with Crippen LogP contribution in [0.15, 0.2) is 67.5 Å². The summed E-state index contributed by atoms with van der Waals surface area (Å²) in [5.41, 5.74) is -1.70. The minimum Gasteiger partial charge on any atom is -0.394 e. The molecule has 0 bridgehead atoms. The van der Waals surface area contributed by atoms with E-state index in [4.69, 9.17) is 76.1 Å². The maximum atomic E-state index is 12.5. The first-order valence-electron chi connectivity index (χ1n) is 33.4. The summed E-state index contributed by atoms with van der Waals surface area (Å²) in [7, 11) is 0. The number of alkyl halides is 2. The third-order valence-corrected chi connectivity index (χ3v) is 22.8. The molecule has 12 fully saturated rings. The number of amides is 4. The second kappa shape index (κ2) is 27.2. The first kappa shape index (κ1) is 70.1. The summed E-state index contributed by atoms with van der Waals surface area (Å²) in [6, 6.07) is 0. The highest BCUT2D eigenvalue weighted by Crippen LogP contribution is 2.58. The molecule has 97 heavy (non-hydrogen) atoms. The Morgan fingerprint density at radius 1 is 0.464 bits per heavy atom. The van der Waals surface area contributed by atoms with Gasteiger partial charge in [-0.1, -0.05) is 76.4 Å². The molecule has 4 amide bonds. The second-order valence-corrected chi connectivity index (χ2v) is 28.9. The minimum atomic E-state index is -1.29. The van der Waals surface area contributed by atoms with E-state index < -0.39 is 101 Å². The predicted octanol–water partition coefficient (Wildman–Crippen LogP) is 5.32. The zero-order valence-electron chi connectivity index (χ0n) is 53.7. The van der Waals surface area contributed by atoms with E-state index in [1.54, 1.807) is 6.08 Å². The number of terminal acetylenes is 3. The van der Waals surface area contributed by atoms with Gasteiger partial charge in [0.05, 0.1) is 50.6 Å². The van der Waals surface area contributed by atoms with Gasteiger partial charge in [-0.2, -0.15) is 0 Å². The Bertz CT molecular complexity index is 3260. The second-order valence-electron chi connectivity index (χ2n) is 27.1. The number of nitrogens with zero attached hydrogens (tertiary/aromatic N) is 4. The Hall–Kier alpha value is -5.34. The van der Waals surface area contributed by atoms with Gasteiger partial charge in [0.1, 0.15) is 30.5 Å². The van der Waals surface area contributed by atoms with Crippen LogP contribution in [0.1, 0.15) is 142 Å². The topological polar surface area (TPSA) is 281 Å². The highest BCUT2D eigenvalue weighted by atomic mass is 127. The largest absolute Gasteiger partial charge is 0.394 e. The van der Waals surface area contributed by atoms with Crippen molar-refractivity contribution in [1.29, 1.82) is 0 Å². The fourth-order valence-corrected chi connectivity index (χ4v) is 18.0. The van der Waals surface area contributed by atoms with Crippen LogP contribution in [0.4, 0.5) is 0 Å². The molecule has 16 rings (SSSR count). The van der Waals surface area contributed by atoms with Gasteiger partial charge in [0.15, 0.2) is 76.8 Å². The fourth-order valence-electron chi connectivity index (χ4n) is 16.6. The molecule has 0 unspecified atom stereocenters. The van der Waals surface area contributed by atoms with Gasteiger partial charge in [-0.05, 0) is 88.2 Å². The molecular weight excluding hydrogens is 1490 g/mol. The smallest absolute Gasteiger partial charge is 0.236 e. The van der Waals surface area contributed by atoms with Crippen molar-refractivity contribution < 1.29 is 100 Å². The van der Waals surface area contributed by atoms with Crippen LogP contribution in [0.3, 0.4) is 0 Å². The van der Waals surface area contributed by atoms with Crippen LogP contribution >= 0.6 is 45.2 Å². The molecule has 0 aromatic rings. The number of aliphatic hydroxyl groups is 1. The average Bonchev–Trinajstić information content (AvgIpc) is 1.58. The van der Waals surface area contributed by atoms with Gasteiger partial charge in [-0.3, -0.25) is 58.0 Å². The first-order valence-corrected chi connectivity index (χ1v) is 36.4. The van der Waals surface area contributed by atoms with Gasteiger partial charge in [-0.25, -0.2) is 0 Å². The average molecular weight is 1570 g/mol. The summed E-state index contributed by atoms with van der Waals surface area (Å²) in [5.74, 6) is 3.15. The molecule has 1 N–H and O–H groups in total. The van der Waals surface area contributed by atoms with Crippen molar-refractivity contribution in [2.24, 2.45) is 0 Å². The van der Waals surface area contributed by atoms with Crippen LogP contribution in [0.5, 0.6) is 0 Å². The summed E-state index contributed by atoms with van der Waals surface area (Å²) in [5, 5.41) is 9.67. The molecule has 4 spiro atoms. The number of ketones is 4. The third kappa shape index (κ3) is 12.0. The van der Waals surface area contributed by atoms with E-state index in [9.17, 15) is 43.5 Å². The maximum Gasteiger partial charge on any atom is 0.236 e. The molecule has 4 aliphatic carbocycles. The summed E-state index contributed by atoms with van der Waals surface area (Å²) in [6.07, 6.45) is 38.6. The Kier molecular flexibility index (Phi) is 19.7. The summed E-state index contributed by atoms with van der Waals surface area (Å²) < 4.78 is 76.0. The minimum absolute atomic E-state index is 0.157. The lowest BCUT2D eigenvalue weighted by atomic mass is 9.93. The molecule has 12 aliphatic heterocycles. The molecular formula is C70H78I2N4O21. The SMILES string of the molecule is C#C[C@@]12OC3(CCCC3)O[C@@H]1[C@@H](CC)O[C@H]2N1C=CC(=O)CC1=O.C#C[C@@]12OC3(CCCC3)O[C@@H]1[C@@H](CI)O[C@H]2N1C=CC(=O)CC1=O.C#C[C@@]12OC3(CCCC3)O[C@@H]1[C@@H](CO)O[C@H]2N1C=CC(=O)CC1=O.C=C=C[C@@]12OC3(CCCC3)O[C@@H]1[C@@H](CI)O[C@H]2N1C=CC(=O)CC1=O. The van der Waals surface area contributed by atoms with Crippen molar-refractivity contribution in [2.45, 2.75) is 261 Å². The molecule has 16 atom stereocenters. The van der Waals surface area contributed by atoms with Crippen molar-refractivity contribution in [2.75, 3.05) is 15.5 Å². The van der Waals surface area contributed by atoms with Crippen molar-refractivity contribution in [3.05, 3.63) is 67.5 Å². The molecule has 12 heterocycles. The number of ether oxygens (including phenoxy) is 12. The molecule has 0 aromatic heterocycles. The first-order chi connectivity index (χ1) is 46.6. The number of hydrogen-bond donors (Lipinski definition) is 1. The van der Waals surface area contributed by atoms with Crippen LogP contribution in [-0.2, 0) is 95.2 Å². The summed E-state index contributed by atoms with van der Waals surface area (Å²) in [6.45, 7) is 5.40. The Morgan fingerprint density at radius 3 is 1.07 bits per heavy atom. The van der Waals surface area contributed by atoms with Crippen LogP contribution in [-0.4, -0.2) is 206 Å². The van der Waals surface area contributed by atoms with Crippen molar-refractivity contribution in [3.63, 3.8) is 0 Å². The number of carbonyl (C=O) groups excluding carboxylic acids is 8. The zero-order valence-corrected chi connectivity index (χ0v) is 58.0. The lowest BCUT2D eigenvalue weighted by Crippen LogP contribution is -2.54. The number of halogens is 2. The third-order valence-electron chi connectivity index (χ3n) is 21.1. The highest BCUT2D eigenvalue weighted by molar-refractivity contribution is 14.1. The molecule has 0 radical (unpaired) electrons. The van der Waals surface area contributed by atoms with Gasteiger partial charge >= 0.3 is 0 Å². The standard InChI is InChI=1S/C18H20INO5.C18H21NO5.C17H18INO5.C17H19NO6/c1-2-6-18-15(24-17(25-18)7-3-4-8-17)13(11-19)23-16(18)20-9-5-12(21)10-14(20)22;1-3-13-15-18(4-2,24-17(23-15)8-5-6-9-17)16(22-13)19-10-7-12(20)11-14(19)21;1-2-17-14(23-16(24-17)6-3-4-7-16)12(10-18)22-15(17)19-8-5-11(20)9-13(19)21;1-2-17-14(23-16(24-17)6-3-4-7-16)12(10-19)22-15(17)18-8-5-11(20)9-13(18)21/h5-6,9,13,15-16H,1,3-4,7-8,10-11H2;2,7,10,13,15-16H,3,5-6,8-9,11H2,1H3;1,5,8,12,14-15H,3-4,6-7,9-10H2;1,5,8,12,14-15,19H,3-4,6-7,9-10H2/t2*13-,15-,16-,18-;2*12-,14-,15-,17-/m1111/s1. The van der Waals surface area contributed by atoms with Crippen LogP contribution in [0.25, 0.3) is 0 Å². The number of carbonyl (C=O) groups is 8. The van der Waals surface area contributed by atoms with Crippen molar-refractivity contribution >= 4 is 91.9 Å². The van der Waals surface area contributed by atoms with Crippen molar-refractivity contribution in [1.82, 2.24) is 19.6 Å². The van der Waals surface area contributed by atoms with Crippen molar-refractivity contribution in [3.8, 4) is 37.0 Å². The van der Waals surface area contributed by atoms with E-state index in [-0.39, 0.29) is 97.6 Å². The van der Waals surface area contributed by atoms with Crippen LogP contribution in [0, 0.1) is 37.0 Å². The predicted molar refractivity (Wildman–Crippen MR) is 352 cm³/mol. The Labute approximate surface area is 589 Å². The van der Waals surface area contributed by atoms with Gasteiger partial charge < -0.3 is 61.9 Å². The normalized spacial score (nSPS) is 40.0. The zero-order chi connectivity index (χ0) is 68.5. The lowest BCUT2D eigenvalue weighted by molar-refractivity contribution is -0.230. The fraction of sp³-hybridized carbons (Fsp3) is 0.643. The molecule has 27 heteroatoms. The number of aliphatic hydroxyl groups excluding tert-OH is 1. The van der Waals surface area contributed by atoms with Gasteiger partial charge in [-0.15, -0.1) is 25.0 Å². The number of allylic oxidation sites excluding steroid dienone is 4.